The molecule has 1 aromatic heterocycles. The van der Waals surface area contributed by atoms with Gasteiger partial charge in [0.25, 0.3) is 0 Å². The number of rotatable bonds is 3. The number of hydrogen-bond acceptors (Lipinski definition) is 5. The molecule has 6 heteroatoms. The molecule has 3 N–H and O–H groups in total. The molecule has 2 atom stereocenters. The summed E-state index contributed by atoms with van der Waals surface area (Å²) in [6.07, 6.45) is 6.99. The highest BCUT2D eigenvalue weighted by Gasteiger charge is 2.24. The summed E-state index contributed by atoms with van der Waals surface area (Å²) >= 11 is 0. The van der Waals surface area contributed by atoms with Crippen LogP contribution in [0.15, 0.2) is 18.5 Å². The fourth-order valence-corrected chi connectivity index (χ4v) is 2.19. The predicted molar refractivity (Wildman–Crippen MR) is 64.7 cm³/mol. The number of aromatic nitrogens is 1. The molecule has 0 bridgehead atoms. The van der Waals surface area contributed by atoms with Gasteiger partial charge in [-0.15, -0.1) is 0 Å². The molecular weight excluding hydrogens is 220 g/mol. The Bertz CT molecular complexity index is 410. The van der Waals surface area contributed by atoms with E-state index in [-0.39, 0.29) is 17.8 Å². The zero-order valence-electron chi connectivity index (χ0n) is 9.50. The summed E-state index contributed by atoms with van der Waals surface area (Å²) < 4.78 is 0. The maximum absolute atomic E-state index is 10.8. The van der Waals surface area contributed by atoms with Gasteiger partial charge >= 0.3 is 5.69 Å². The van der Waals surface area contributed by atoms with Crippen molar-refractivity contribution in [1.82, 2.24) is 4.98 Å². The molecule has 1 saturated carbocycles. The van der Waals surface area contributed by atoms with Crippen molar-refractivity contribution in [2.24, 2.45) is 5.73 Å². The van der Waals surface area contributed by atoms with E-state index in [4.69, 9.17) is 5.73 Å². The van der Waals surface area contributed by atoms with E-state index in [1.54, 1.807) is 12.3 Å². The highest BCUT2D eigenvalue weighted by Crippen LogP contribution is 2.26. The third-order valence-corrected chi connectivity index (χ3v) is 3.16. The molecule has 1 aliphatic carbocycles. The Balaban J connectivity index is 2.14. The second kappa shape index (κ2) is 5.09. The predicted octanol–water partition coefficient (Wildman–Crippen LogP) is 1.67. The molecule has 0 radical (unpaired) electrons. The number of nitrogens with one attached hydrogen (secondary N) is 1. The van der Waals surface area contributed by atoms with Crippen LogP contribution >= 0.6 is 0 Å². The topological polar surface area (TPSA) is 94.1 Å². The second-order valence-corrected chi connectivity index (χ2v) is 4.35. The van der Waals surface area contributed by atoms with Gasteiger partial charge in [0, 0.05) is 18.3 Å². The van der Waals surface area contributed by atoms with Crippen LogP contribution in [0.1, 0.15) is 25.7 Å². The van der Waals surface area contributed by atoms with Crippen molar-refractivity contribution in [1.29, 1.82) is 0 Å². The zero-order chi connectivity index (χ0) is 12.3. The number of hydrogen-bond donors (Lipinski definition) is 2. The highest BCUT2D eigenvalue weighted by atomic mass is 16.6. The molecule has 17 heavy (non-hydrogen) atoms. The lowest BCUT2D eigenvalue weighted by Crippen LogP contribution is -2.42. The van der Waals surface area contributed by atoms with E-state index < -0.39 is 4.92 Å². The van der Waals surface area contributed by atoms with Crippen LogP contribution in [-0.4, -0.2) is 22.0 Å². The quantitative estimate of drug-likeness (QED) is 0.615. The molecular formula is C11H16N4O2. The first-order chi connectivity index (χ1) is 8.18. The third kappa shape index (κ3) is 2.71. The molecule has 0 saturated heterocycles. The van der Waals surface area contributed by atoms with Crippen LogP contribution in [0.2, 0.25) is 0 Å². The molecule has 2 rings (SSSR count). The van der Waals surface area contributed by atoms with Crippen LogP contribution in [0.25, 0.3) is 0 Å². The van der Waals surface area contributed by atoms with E-state index in [2.05, 4.69) is 10.3 Å². The fraction of sp³-hybridized carbons (Fsp3) is 0.545. The van der Waals surface area contributed by atoms with E-state index in [9.17, 15) is 10.1 Å². The lowest BCUT2D eigenvalue weighted by atomic mass is 9.91. The minimum Gasteiger partial charge on any atom is -0.375 e. The van der Waals surface area contributed by atoms with Gasteiger partial charge in [-0.05, 0) is 18.9 Å². The van der Waals surface area contributed by atoms with E-state index in [0.29, 0.717) is 5.69 Å². The van der Waals surface area contributed by atoms with Crippen molar-refractivity contribution in [3.63, 3.8) is 0 Å². The minimum absolute atomic E-state index is 0.00488. The van der Waals surface area contributed by atoms with Gasteiger partial charge in [0.2, 0.25) is 0 Å². The summed E-state index contributed by atoms with van der Waals surface area (Å²) in [6, 6.07) is 1.81. The largest absolute Gasteiger partial charge is 0.375 e. The molecule has 1 fully saturated rings. The number of nitrogens with two attached hydrogens (primary N) is 1. The van der Waals surface area contributed by atoms with Gasteiger partial charge in [0.1, 0.15) is 11.9 Å². The van der Waals surface area contributed by atoms with E-state index in [1.165, 1.54) is 6.20 Å². The first-order valence-electron chi connectivity index (χ1n) is 5.79. The smallest absolute Gasteiger partial charge is 0.310 e. The van der Waals surface area contributed by atoms with Crippen molar-refractivity contribution >= 4 is 11.4 Å². The maximum Gasteiger partial charge on any atom is 0.310 e. The summed E-state index contributed by atoms with van der Waals surface area (Å²) in [4.78, 5) is 14.2. The van der Waals surface area contributed by atoms with E-state index >= 15 is 0 Å². The first kappa shape index (κ1) is 11.8. The minimum atomic E-state index is -0.427. The summed E-state index contributed by atoms with van der Waals surface area (Å²) in [6.45, 7) is 0. The molecule has 0 unspecified atom stereocenters. The van der Waals surface area contributed by atoms with Gasteiger partial charge in [0.05, 0.1) is 4.92 Å². The average Bonchev–Trinajstić information content (AvgIpc) is 2.32. The summed E-state index contributed by atoms with van der Waals surface area (Å²) in [5, 5.41) is 14.0. The third-order valence-electron chi connectivity index (χ3n) is 3.16. The molecule has 0 amide bonds. The monoisotopic (exact) mass is 236 g/mol. The van der Waals surface area contributed by atoms with Crippen molar-refractivity contribution < 1.29 is 4.92 Å². The van der Waals surface area contributed by atoms with Gasteiger partial charge < -0.3 is 11.1 Å². The number of nitrogens with zero attached hydrogens (tertiary/aromatic N) is 2. The van der Waals surface area contributed by atoms with E-state index in [0.717, 1.165) is 25.7 Å². The van der Waals surface area contributed by atoms with Gasteiger partial charge in [-0.3, -0.25) is 15.1 Å². The van der Waals surface area contributed by atoms with Gasteiger partial charge in [0.15, 0.2) is 0 Å². The highest BCUT2D eigenvalue weighted by molar-refractivity contribution is 5.60. The van der Waals surface area contributed by atoms with Crippen LogP contribution in [-0.2, 0) is 0 Å². The van der Waals surface area contributed by atoms with Crippen molar-refractivity contribution in [3.8, 4) is 0 Å². The van der Waals surface area contributed by atoms with Crippen molar-refractivity contribution in [3.05, 3.63) is 28.6 Å². The Labute approximate surface area is 99.4 Å². The Morgan fingerprint density at radius 2 is 2.24 bits per heavy atom. The SMILES string of the molecule is N[C@@H]1CCCC[C@H]1Nc1ccncc1[N+](=O)[O-]. The fourth-order valence-electron chi connectivity index (χ4n) is 2.19. The lowest BCUT2D eigenvalue weighted by Gasteiger charge is -2.29. The Morgan fingerprint density at radius 3 is 2.94 bits per heavy atom. The summed E-state index contributed by atoms with van der Waals surface area (Å²) in [5.41, 5.74) is 6.52. The second-order valence-electron chi connectivity index (χ2n) is 4.35. The Hall–Kier alpha value is -1.69. The number of anilines is 1. The molecule has 1 heterocycles. The maximum atomic E-state index is 10.8. The molecule has 1 aromatic rings. The van der Waals surface area contributed by atoms with E-state index in [1.807, 2.05) is 0 Å². The summed E-state index contributed by atoms with van der Waals surface area (Å²) in [5.74, 6) is 0. The van der Waals surface area contributed by atoms with Crippen LogP contribution in [0, 0.1) is 10.1 Å². The molecule has 6 nitrogen and oxygen atoms in total. The van der Waals surface area contributed by atoms with Crippen LogP contribution < -0.4 is 11.1 Å². The van der Waals surface area contributed by atoms with Crippen molar-refractivity contribution in [2.75, 3.05) is 5.32 Å². The molecule has 1 aliphatic rings. The summed E-state index contributed by atoms with van der Waals surface area (Å²) in [7, 11) is 0. The number of nitro groups is 1. The lowest BCUT2D eigenvalue weighted by molar-refractivity contribution is -0.384. The van der Waals surface area contributed by atoms with Crippen LogP contribution in [0.4, 0.5) is 11.4 Å². The van der Waals surface area contributed by atoms with Gasteiger partial charge in [-0.25, -0.2) is 0 Å². The Kier molecular flexibility index (Phi) is 3.53. The number of pyridine rings is 1. The molecule has 92 valence electrons. The molecule has 0 aliphatic heterocycles. The van der Waals surface area contributed by atoms with Gasteiger partial charge in [-0.2, -0.15) is 0 Å². The van der Waals surface area contributed by atoms with Gasteiger partial charge in [-0.1, -0.05) is 12.8 Å². The Morgan fingerprint density at radius 1 is 1.47 bits per heavy atom. The standard InChI is InChI=1S/C11H16N4O2/c12-8-3-1-2-4-9(8)14-10-5-6-13-7-11(10)15(16)17/h5-9H,1-4,12H2,(H,13,14)/t8-,9-/m1/s1. The van der Waals surface area contributed by atoms with Crippen molar-refractivity contribution in [2.45, 2.75) is 37.8 Å². The molecule has 0 aromatic carbocycles. The average molecular weight is 236 g/mol. The van der Waals surface area contributed by atoms with Crippen LogP contribution in [0.5, 0.6) is 0 Å². The van der Waals surface area contributed by atoms with Crippen LogP contribution in [0.3, 0.4) is 0 Å². The first-order valence-corrected chi connectivity index (χ1v) is 5.79. The zero-order valence-corrected chi connectivity index (χ0v) is 9.50. The normalized spacial score (nSPS) is 24.3. The molecule has 0 spiro atoms.